The number of hydrogen-bond donors (Lipinski definition) is 0. The summed E-state index contributed by atoms with van der Waals surface area (Å²) in [6.07, 6.45) is -4.87. The van der Waals surface area contributed by atoms with Gasteiger partial charge in [0.1, 0.15) is 28.6 Å². The average molecular weight is 375 g/mol. The molecule has 0 aromatic heterocycles. The van der Waals surface area contributed by atoms with Crippen LogP contribution in [-0.2, 0) is 6.18 Å². The van der Waals surface area contributed by atoms with Gasteiger partial charge in [-0.15, -0.1) is 0 Å². The number of alkyl halides is 3. The third-order valence-corrected chi connectivity index (χ3v) is 3.49. The number of hydrogen-bond acceptors (Lipinski definition) is 4. The predicted octanol–water partition coefficient (Wildman–Crippen LogP) is 6.20. The van der Waals surface area contributed by atoms with Crippen LogP contribution in [0.5, 0.6) is 23.0 Å². The molecule has 5 nitrogen and oxygen atoms in total. The van der Waals surface area contributed by atoms with Crippen LogP contribution >= 0.6 is 0 Å². The number of nitrogens with zero attached hydrogens (tertiary/aromatic N) is 1. The first-order chi connectivity index (χ1) is 12.8. The Morgan fingerprint density at radius 2 is 1.30 bits per heavy atom. The van der Waals surface area contributed by atoms with Gasteiger partial charge in [-0.05, 0) is 36.4 Å². The molecule has 0 N–H and O–H groups in total. The summed E-state index contributed by atoms with van der Waals surface area (Å²) < 4.78 is 50.2. The van der Waals surface area contributed by atoms with Crippen LogP contribution in [0, 0.1) is 10.1 Å². The monoisotopic (exact) mass is 375 g/mol. The number of benzene rings is 3. The fourth-order valence-corrected chi connectivity index (χ4v) is 2.33. The molecule has 0 aliphatic carbocycles. The summed E-state index contributed by atoms with van der Waals surface area (Å²) in [6, 6.07) is 17.7. The van der Waals surface area contributed by atoms with Gasteiger partial charge < -0.3 is 9.47 Å². The number of rotatable bonds is 5. The molecule has 0 fully saturated rings. The lowest BCUT2D eigenvalue weighted by molar-refractivity contribution is -0.388. The predicted molar refractivity (Wildman–Crippen MR) is 91.1 cm³/mol. The van der Waals surface area contributed by atoms with Gasteiger partial charge in [0.25, 0.3) is 5.69 Å². The van der Waals surface area contributed by atoms with Gasteiger partial charge in [-0.1, -0.05) is 24.3 Å². The van der Waals surface area contributed by atoms with Gasteiger partial charge in [0.2, 0.25) is 0 Å². The molecule has 0 heterocycles. The highest BCUT2D eigenvalue weighted by atomic mass is 19.4. The fraction of sp³-hybridized carbons (Fsp3) is 0.0526. The molecule has 3 aromatic carbocycles. The van der Waals surface area contributed by atoms with Crippen LogP contribution in [0.1, 0.15) is 5.56 Å². The van der Waals surface area contributed by atoms with Crippen LogP contribution in [0.2, 0.25) is 0 Å². The minimum atomic E-state index is -4.87. The van der Waals surface area contributed by atoms with Crippen molar-refractivity contribution in [1.82, 2.24) is 0 Å². The van der Waals surface area contributed by atoms with E-state index in [0.29, 0.717) is 17.6 Å². The summed E-state index contributed by atoms with van der Waals surface area (Å²) in [5, 5.41) is 10.8. The highest BCUT2D eigenvalue weighted by Gasteiger charge is 2.38. The van der Waals surface area contributed by atoms with E-state index in [2.05, 4.69) is 0 Å². The zero-order valence-corrected chi connectivity index (χ0v) is 13.6. The first-order valence-electron chi connectivity index (χ1n) is 7.69. The van der Waals surface area contributed by atoms with Crippen LogP contribution < -0.4 is 9.47 Å². The molecule has 0 amide bonds. The normalized spacial score (nSPS) is 11.1. The molecular weight excluding hydrogens is 363 g/mol. The maximum absolute atomic E-state index is 13.1. The molecule has 0 aliphatic rings. The van der Waals surface area contributed by atoms with E-state index in [-0.39, 0.29) is 11.5 Å². The lowest BCUT2D eigenvalue weighted by Gasteiger charge is -2.12. The van der Waals surface area contributed by atoms with Crippen LogP contribution in [0.15, 0.2) is 72.8 Å². The van der Waals surface area contributed by atoms with Crippen molar-refractivity contribution in [1.29, 1.82) is 0 Å². The van der Waals surface area contributed by atoms with Crippen molar-refractivity contribution in [2.75, 3.05) is 0 Å². The van der Waals surface area contributed by atoms with Crippen LogP contribution in [0.4, 0.5) is 18.9 Å². The van der Waals surface area contributed by atoms with Gasteiger partial charge in [-0.2, -0.15) is 13.2 Å². The summed E-state index contributed by atoms with van der Waals surface area (Å²) in [6.45, 7) is 0. The first kappa shape index (κ1) is 18.2. The molecule has 0 saturated carbocycles. The van der Waals surface area contributed by atoms with E-state index in [0.717, 1.165) is 12.1 Å². The Hall–Kier alpha value is -3.55. The van der Waals surface area contributed by atoms with Crippen LogP contribution in [-0.4, -0.2) is 4.92 Å². The molecule has 8 heteroatoms. The van der Waals surface area contributed by atoms with E-state index in [1.165, 1.54) is 12.1 Å². The molecule has 0 bridgehead atoms. The second-order valence-electron chi connectivity index (χ2n) is 5.43. The maximum Gasteiger partial charge on any atom is 0.423 e. The largest absolute Gasteiger partial charge is 0.457 e. The summed E-state index contributed by atoms with van der Waals surface area (Å²) in [5.74, 6) is 1.07. The average Bonchev–Trinajstić information content (AvgIpc) is 2.62. The first-order valence-corrected chi connectivity index (χ1v) is 7.69. The number of nitro groups is 1. The van der Waals surface area contributed by atoms with Gasteiger partial charge in [0.15, 0.2) is 0 Å². The number of para-hydroxylation sites is 1. The number of nitro benzene ring substituents is 1. The molecule has 0 aliphatic heterocycles. The smallest absolute Gasteiger partial charge is 0.423 e. The number of ether oxygens (including phenoxy) is 2. The van der Waals surface area contributed by atoms with E-state index in [1.54, 1.807) is 36.4 Å². The van der Waals surface area contributed by atoms with Crippen molar-refractivity contribution in [2.24, 2.45) is 0 Å². The van der Waals surface area contributed by atoms with Gasteiger partial charge in [-0.25, -0.2) is 0 Å². The Kier molecular flexibility index (Phi) is 4.98. The van der Waals surface area contributed by atoms with Crippen molar-refractivity contribution in [2.45, 2.75) is 6.18 Å². The second-order valence-corrected chi connectivity index (χ2v) is 5.43. The summed E-state index contributed by atoms with van der Waals surface area (Å²) in [7, 11) is 0. The molecule has 0 spiro atoms. The van der Waals surface area contributed by atoms with E-state index in [1.807, 2.05) is 6.07 Å². The van der Waals surface area contributed by atoms with Crippen molar-refractivity contribution in [3.63, 3.8) is 0 Å². The van der Waals surface area contributed by atoms with E-state index in [9.17, 15) is 23.3 Å². The molecule has 3 rings (SSSR count). The molecule has 0 saturated heterocycles. The van der Waals surface area contributed by atoms with E-state index < -0.39 is 22.4 Å². The van der Waals surface area contributed by atoms with Crippen molar-refractivity contribution >= 4 is 5.69 Å². The molecule has 0 atom stereocenters. The Morgan fingerprint density at radius 1 is 0.741 bits per heavy atom. The number of halogens is 3. The zero-order chi connectivity index (χ0) is 19.4. The van der Waals surface area contributed by atoms with Crippen LogP contribution in [0.25, 0.3) is 0 Å². The third kappa shape index (κ3) is 4.55. The standard InChI is InChI=1S/C19H12F3NO4/c20-19(21,22)17-12-16(9-10-18(17)23(24)25)27-15-8-4-7-14(11-15)26-13-5-2-1-3-6-13/h1-12H. The van der Waals surface area contributed by atoms with Crippen molar-refractivity contribution in [3.8, 4) is 23.0 Å². The highest BCUT2D eigenvalue weighted by Crippen LogP contribution is 2.39. The lowest BCUT2D eigenvalue weighted by Crippen LogP contribution is -2.09. The van der Waals surface area contributed by atoms with E-state index >= 15 is 0 Å². The quantitative estimate of drug-likeness (QED) is 0.394. The van der Waals surface area contributed by atoms with Gasteiger partial charge >= 0.3 is 6.18 Å². The van der Waals surface area contributed by atoms with Crippen LogP contribution in [0.3, 0.4) is 0 Å². The Morgan fingerprint density at radius 3 is 1.89 bits per heavy atom. The summed E-state index contributed by atoms with van der Waals surface area (Å²) >= 11 is 0. The molecular formula is C19H12F3NO4. The SMILES string of the molecule is O=[N+]([O-])c1ccc(Oc2cccc(Oc3ccccc3)c2)cc1C(F)(F)F. The molecule has 3 aromatic rings. The lowest BCUT2D eigenvalue weighted by atomic mass is 10.1. The molecule has 138 valence electrons. The highest BCUT2D eigenvalue weighted by molar-refractivity contribution is 5.48. The van der Waals surface area contributed by atoms with Crippen molar-refractivity contribution in [3.05, 3.63) is 88.5 Å². The Balaban J connectivity index is 1.85. The Labute approximate surface area is 151 Å². The zero-order valence-electron chi connectivity index (χ0n) is 13.6. The van der Waals surface area contributed by atoms with E-state index in [4.69, 9.17) is 9.47 Å². The van der Waals surface area contributed by atoms with Gasteiger partial charge in [0, 0.05) is 12.1 Å². The molecule has 0 radical (unpaired) electrons. The summed E-state index contributed by atoms with van der Waals surface area (Å²) in [4.78, 5) is 9.72. The second kappa shape index (κ2) is 7.36. The molecule has 27 heavy (non-hydrogen) atoms. The van der Waals surface area contributed by atoms with Crippen molar-refractivity contribution < 1.29 is 27.6 Å². The topological polar surface area (TPSA) is 61.6 Å². The third-order valence-electron chi connectivity index (χ3n) is 3.49. The van der Waals surface area contributed by atoms with Gasteiger partial charge in [-0.3, -0.25) is 10.1 Å². The Bertz CT molecular complexity index is 959. The molecule has 0 unspecified atom stereocenters. The minimum absolute atomic E-state index is 0.176. The fourth-order valence-electron chi connectivity index (χ4n) is 2.33. The summed E-state index contributed by atoms with van der Waals surface area (Å²) in [5.41, 5.74) is -2.40. The van der Waals surface area contributed by atoms with Gasteiger partial charge in [0.05, 0.1) is 4.92 Å². The minimum Gasteiger partial charge on any atom is -0.457 e. The maximum atomic E-state index is 13.1.